The molecule has 0 spiro atoms. The van der Waals surface area contributed by atoms with Gasteiger partial charge in [0.05, 0.1) is 22.9 Å². The number of imide groups is 1. The number of furan rings is 1. The minimum Gasteiger partial charge on any atom is -0.464 e. The average Bonchev–Trinajstić information content (AvgIpc) is 3.50. The number of aryl methyl sites for hydroxylation is 1. The van der Waals surface area contributed by atoms with Gasteiger partial charge in [-0.1, -0.05) is 18.2 Å². The highest BCUT2D eigenvalue weighted by Crippen LogP contribution is 2.41. The quantitative estimate of drug-likeness (QED) is 0.406. The lowest BCUT2D eigenvalue weighted by Crippen LogP contribution is -2.49. The summed E-state index contributed by atoms with van der Waals surface area (Å²) in [6.45, 7) is 3.63. The van der Waals surface area contributed by atoms with Crippen LogP contribution in [0.4, 0.5) is 14.5 Å². The van der Waals surface area contributed by atoms with Gasteiger partial charge in [0.2, 0.25) is 0 Å². The minimum atomic E-state index is -1.01. The first kappa shape index (κ1) is 24.0. The molecule has 2 aliphatic heterocycles. The van der Waals surface area contributed by atoms with E-state index in [1.165, 1.54) is 6.26 Å². The molecule has 1 saturated heterocycles. The molecule has 2 aromatic heterocycles. The Balaban J connectivity index is 0.00000267. The van der Waals surface area contributed by atoms with E-state index in [0.717, 1.165) is 11.5 Å². The molecule has 1 fully saturated rings. The van der Waals surface area contributed by atoms with Gasteiger partial charge in [-0.05, 0) is 19.1 Å². The first-order valence-corrected chi connectivity index (χ1v) is 11.4. The molecule has 2 aliphatic rings. The van der Waals surface area contributed by atoms with Gasteiger partial charge >= 0.3 is 0 Å². The fourth-order valence-electron chi connectivity index (χ4n) is 5.28. The topological polar surface area (TPSA) is 79.5 Å². The Kier molecular flexibility index (Phi) is 5.84. The molecule has 1 atom stereocenters. The van der Waals surface area contributed by atoms with E-state index in [0.29, 0.717) is 47.2 Å². The molecule has 2 aromatic carbocycles. The number of aromatic nitrogens is 1. The zero-order valence-electron chi connectivity index (χ0n) is 19.5. The molecule has 2 N–H and O–H groups in total. The van der Waals surface area contributed by atoms with Crippen molar-refractivity contribution in [3.63, 3.8) is 0 Å². The molecule has 0 radical (unpaired) electrons. The molecule has 0 bridgehead atoms. The van der Waals surface area contributed by atoms with Gasteiger partial charge < -0.3 is 19.2 Å². The molecular formula is C26H23ClF2N4O3. The van der Waals surface area contributed by atoms with Crippen LogP contribution in [-0.2, 0) is 16.6 Å². The van der Waals surface area contributed by atoms with E-state index >= 15 is 4.39 Å². The molecule has 4 aromatic rings. The van der Waals surface area contributed by atoms with Crippen LogP contribution in [0, 0.1) is 11.6 Å². The normalized spacial score (nSPS) is 18.3. The largest absolute Gasteiger partial charge is 0.464 e. The maximum atomic E-state index is 15.2. The van der Waals surface area contributed by atoms with Crippen LogP contribution in [0.5, 0.6) is 0 Å². The van der Waals surface area contributed by atoms with Crippen molar-refractivity contribution < 1.29 is 22.8 Å². The molecule has 4 heterocycles. The second-order valence-electron chi connectivity index (χ2n) is 9.05. The van der Waals surface area contributed by atoms with E-state index in [9.17, 15) is 14.0 Å². The molecule has 2 amide bonds. The van der Waals surface area contributed by atoms with Crippen molar-refractivity contribution in [1.29, 1.82) is 0 Å². The molecular weight excluding hydrogens is 490 g/mol. The summed E-state index contributed by atoms with van der Waals surface area (Å²) in [6, 6.07) is 8.29. The van der Waals surface area contributed by atoms with Gasteiger partial charge in [0.1, 0.15) is 11.3 Å². The van der Waals surface area contributed by atoms with Gasteiger partial charge in [0.25, 0.3) is 11.8 Å². The predicted octanol–water partition coefficient (Wildman–Crippen LogP) is 3.99. The number of benzene rings is 2. The number of carbonyl (C=O) groups excluding carboxylic acids is 2. The fourth-order valence-corrected chi connectivity index (χ4v) is 5.28. The molecule has 186 valence electrons. The van der Waals surface area contributed by atoms with Gasteiger partial charge in [-0.15, -0.1) is 12.4 Å². The molecule has 1 unspecified atom stereocenters. The number of fused-ring (bicyclic) bond motifs is 2. The van der Waals surface area contributed by atoms with Crippen LogP contribution in [0.2, 0.25) is 0 Å². The van der Waals surface area contributed by atoms with E-state index in [4.69, 9.17) is 4.42 Å². The van der Waals surface area contributed by atoms with E-state index < -0.39 is 23.4 Å². The van der Waals surface area contributed by atoms with Crippen molar-refractivity contribution in [2.24, 2.45) is 7.05 Å². The second kappa shape index (κ2) is 8.76. The van der Waals surface area contributed by atoms with E-state index in [1.54, 1.807) is 36.0 Å². The predicted molar refractivity (Wildman–Crippen MR) is 136 cm³/mol. The highest BCUT2D eigenvalue weighted by atomic mass is 35.5. The number of hydrogen-bond acceptors (Lipinski definition) is 5. The standard InChI is InChI=1S/C26H22F2N4O3.ClH/c1-13-11-32(8-7-29-13)23-21(28)18(27)10-16-17(12-31(2)22(16)23)20-19(25(33)30-26(20)34)15-5-3-4-14-6-9-35-24(14)15;/h3-6,9-10,12-13,29H,7-8,11H2,1-2H3,(H,30,33,34);1H. The first-order valence-electron chi connectivity index (χ1n) is 11.4. The molecule has 6 rings (SSSR count). The summed E-state index contributed by atoms with van der Waals surface area (Å²) < 4.78 is 37.5. The minimum absolute atomic E-state index is 0. The Bertz CT molecular complexity index is 1590. The van der Waals surface area contributed by atoms with Crippen molar-refractivity contribution in [2.45, 2.75) is 13.0 Å². The Morgan fingerprint density at radius 1 is 1.08 bits per heavy atom. The van der Waals surface area contributed by atoms with Crippen molar-refractivity contribution in [1.82, 2.24) is 15.2 Å². The summed E-state index contributed by atoms with van der Waals surface area (Å²) in [7, 11) is 1.72. The van der Waals surface area contributed by atoms with E-state index in [1.807, 2.05) is 17.9 Å². The first-order chi connectivity index (χ1) is 16.8. The summed E-state index contributed by atoms with van der Waals surface area (Å²) in [5, 5.41) is 6.81. The number of hydrogen-bond donors (Lipinski definition) is 2. The number of nitrogens with one attached hydrogen (secondary N) is 2. The Morgan fingerprint density at radius 3 is 2.58 bits per heavy atom. The fraction of sp³-hybridized carbons (Fsp3) is 0.231. The van der Waals surface area contributed by atoms with Crippen molar-refractivity contribution in [3.8, 4) is 0 Å². The monoisotopic (exact) mass is 512 g/mol. The molecule has 36 heavy (non-hydrogen) atoms. The van der Waals surface area contributed by atoms with Crippen molar-refractivity contribution in [2.75, 3.05) is 24.5 Å². The smallest absolute Gasteiger partial charge is 0.259 e. The molecule has 7 nitrogen and oxygen atoms in total. The maximum absolute atomic E-state index is 15.2. The molecule has 0 aliphatic carbocycles. The van der Waals surface area contributed by atoms with Gasteiger partial charge in [0.15, 0.2) is 11.6 Å². The van der Waals surface area contributed by atoms with Gasteiger partial charge in [-0.3, -0.25) is 14.9 Å². The highest BCUT2D eigenvalue weighted by Gasteiger charge is 2.36. The number of piperazine rings is 1. The second-order valence-corrected chi connectivity index (χ2v) is 9.05. The van der Waals surface area contributed by atoms with Crippen LogP contribution in [0.25, 0.3) is 33.0 Å². The van der Waals surface area contributed by atoms with Crippen LogP contribution >= 0.6 is 12.4 Å². The van der Waals surface area contributed by atoms with Crippen LogP contribution in [-0.4, -0.2) is 42.1 Å². The van der Waals surface area contributed by atoms with E-state index in [-0.39, 0.29) is 35.3 Å². The van der Waals surface area contributed by atoms with Crippen LogP contribution < -0.4 is 15.5 Å². The maximum Gasteiger partial charge on any atom is 0.259 e. The van der Waals surface area contributed by atoms with Crippen LogP contribution in [0.1, 0.15) is 18.1 Å². The highest BCUT2D eigenvalue weighted by molar-refractivity contribution is 6.50. The summed E-state index contributed by atoms with van der Waals surface area (Å²) >= 11 is 0. The third-order valence-electron chi connectivity index (χ3n) is 6.77. The molecule has 10 heteroatoms. The number of para-hydroxylation sites is 1. The number of anilines is 1. The van der Waals surface area contributed by atoms with Gasteiger partial charge in [-0.25, -0.2) is 8.78 Å². The Hall–Kier alpha value is -3.69. The number of amides is 2. The summed E-state index contributed by atoms with van der Waals surface area (Å²) in [6.07, 6.45) is 3.16. The van der Waals surface area contributed by atoms with Gasteiger partial charge in [-0.2, -0.15) is 0 Å². The summed E-state index contributed by atoms with van der Waals surface area (Å²) in [4.78, 5) is 27.8. The van der Waals surface area contributed by atoms with Gasteiger partial charge in [0, 0.05) is 60.8 Å². The number of carbonyl (C=O) groups is 2. The number of halogens is 3. The lowest BCUT2D eigenvalue weighted by atomic mass is 9.94. The molecule has 0 saturated carbocycles. The lowest BCUT2D eigenvalue weighted by molar-refractivity contribution is -0.122. The number of rotatable bonds is 3. The van der Waals surface area contributed by atoms with Crippen LogP contribution in [0.3, 0.4) is 0 Å². The average molecular weight is 513 g/mol. The summed E-state index contributed by atoms with van der Waals surface area (Å²) in [5.74, 6) is -3.10. The third kappa shape index (κ3) is 3.50. The SMILES string of the molecule is CC1CN(c2c(F)c(F)cc3c(C4=C(c5cccc6ccoc56)C(=O)NC4=O)cn(C)c23)CCN1.Cl. The Labute approximate surface area is 211 Å². The zero-order chi connectivity index (χ0) is 24.4. The zero-order valence-corrected chi connectivity index (χ0v) is 20.3. The van der Waals surface area contributed by atoms with E-state index in [2.05, 4.69) is 10.6 Å². The van der Waals surface area contributed by atoms with Crippen molar-refractivity contribution >= 4 is 62.9 Å². The number of nitrogens with zero attached hydrogens (tertiary/aromatic N) is 2. The lowest BCUT2D eigenvalue weighted by Gasteiger charge is -2.34. The van der Waals surface area contributed by atoms with Crippen LogP contribution in [0.15, 0.2) is 47.2 Å². The third-order valence-corrected chi connectivity index (χ3v) is 6.77. The summed E-state index contributed by atoms with van der Waals surface area (Å²) in [5.41, 5.74) is 2.15. The Morgan fingerprint density at radius 2 is 1.83 bits per heavy atom. The van der Waals surface area contributed by atoms with Crippen molar-refractivity contribution in [3.05, 3.63) is 65.6 Å².